The number of nitrogens with zero attached hydrogens (tertiary/aromatic N) is 2. The van der Waals surface area contributed by atoms with Crippen LogP contribution in [0.3, 0.4) is 0 Å². The van der Waals surface area contributed by atoms with Crippen molar-refractivity contribution in [3.63, 3.8) is 0 Å². The molecule has 0 bridgehead atoms. The highest BCUT2D eigenvalue weighted by atomic mass is 35.5. The molecule has 28 heavy (non-hydrogen) atoms. The summed E-state index contributed by atoms with van der Waals surface area (Å²) in [4.78, 5) is 28.4. The van der Waals surface area contributed by atoms with E-state index in [1.807, 2.05) is 24.3 Å². The lowest BCUT2D eigenvalue weighted by molar-refractivity contribution is -0.134. The minimum Gasteiger partial charge on any atom is -0.495 e. The summed E-state index contributed by atoms with van der Waals surface area (Å²) in [6.45, 7) is 2.07. The second kappa shape index (κ2) is 8.84. The first kappa shape index (κ1) is 19.8. The van der Waals surface area contributed by atoms with Crippen LogP contribution in [-0.2, 0) is 9.53 Å². The third kappa shape index (κ3) is 4.48. The first-order chi connectivity index (χ1) is 13.5. The lowest BCUT2D eigenvalue weighted by Crippen LogP contribution is -2.50. The van der Waals surface area contributed by atoms with Gasteiger partial charge in [0.2, 0.25) is 0 Å². The van der Waals surface area contributed by atoms with Gasteiger partial charge in [-0.25, -0.2) is 4.79 Å². The summed E-state index contributed by atoms with van der Waals surface area (Å²) >= 11 is 5.88. The minimum absolute atomic E-state index is 0.154. The van der Waals surface area contributed by atoms with Gasteiger partial charge in [-0.3, -0.25) is 4.79 Å². The summed E-state index contributed by atoms with van der Waals surface area (Å²) in [5.74, 6) is -0.107. The van der Waals surface area contributed by atoms with Crippen molar-refractivity contribution >= 4 is 34.9 Å². The van der Waals surface area contributed by atoms with Gasteiger partial charge in [0.05, 0.1) is 18.4 Å². The van der Waals surface area contributed by atoms with Crippen LogP contribution < -0.4 is 15.4 Å². The number of methoxy groups -OCH3 is 1. The van der Waals surface area contributed by atoms with E-state index in [9.17, 15) is 9.59 Å². The number of amides is 1. The molecule has 1 amide bonds. The van der Waals surface area contributed by atoms with E-state index in [1.54, 1.807) is 18.1 Å². The lowest BCUT2D eigenvalue weighted by Gasteiger charge is -2.36. The van der Waals surface area contributed by atoms with Crippen molar-refractivity contribution < 1.29 is 19.1 Å². The zero-order chi connectivity index (χ0) is 20.1. The standard InChI is InChI=1S/C20H22ClN3O4/c1-27-18-5-3-2-4-17(18)23-8-10-24(11-9-23)19(25)13-28-20(26)15-12-14(21)6-7-16(15)22/h2-7,12H,8-11,13,22H2,1H3. The number of nitrogen functional groups attached to an aromatic ring is 1. The van der Waals surface area contributed by atoms with Gasteiger partial charge in [-0.1, -0.05) is 23.7 Å². The maximum atomic E-state index is 12.4. The van der Waals surface area contributed by atoms with E-state index in [-0.39, 0.29) is 23.8 Å². The van der Waals surface area contributed by atoms with Crippen LogP contribution >= 0.6 is 11.6 Å². The van der Waals surface area contributed by atoms with Gasteiger partial charge in [0.15, 0.2) is 6.61 Å². The number of carbonyl (C=O) groups is 2. The number of benzene rings is 2. The Kier molecular flexibility index (Phi) is 6.26. The Bertz CT molecular complexity index is 866. The molecule has 0 aliphatic carbocycles. The average Bonchev–Trinajstić information content (AvgIpc) is 2.73. The molecule has 0 atom stereocenters. The average molecular weight is 404 g/mol. The second-order valence-electron chi connectivity index (χ2n) is 6.35. The van der Waals surface area contributed by atoms with Crippen LogP contribution in [0.25, 0.3) is 0 Å². The number of halogens is 1. The van der Waals surface area contributed by atoms with Crippen LogP contribution in [0.5, 0.6) is 5.75 Å². The van der Waals surface area contributed by atoms with E-state index in [4.69, 9.17) is 26.8 Å². The monoisotopic (exact) mass is 403 g/mol. The van der Waals surface area contributed by atoms with E-state index in [1.165, 1.54) is 12.1 Å². The van der Waals surface area contributed by atoms with E-state index in [0.717, 1.165) is 11.4 Å². The Balaban J connectivity index is 1.53. The van der Waals surface area contributed by atoms with Gasteiger partial charge in [-0.05, 0) is 30.3 Å². The van der Waals surface area contributed by atoms with Crippen LogP contribution in [0.1, 0.15) is 10.4 Å². The molecule has 0 saturated carbocycles. The summed E-state index contributed by atoms with van der Waals surface area (Å²) in [5, 5.41) is 0.375. The number of hydrogen-bond acceptors (Lipinski definition) is 6. The maximum absolute atomic E-state index is 12.4. The summed E-state index contributed by atoms with van der Waals surface area (Å²) in [6, 6.07) is 12.3. The maximum Gasteiger partial charge on any atom is 0.340 e. The molecule has 1 aliphatic heterocycles. The van der Waals surface area contributed by atoms with Crippen molar-refractivity contribution in [1.82, 2.24) is 4.90 Å². The lowest BCUT2D eigenvalue weighted by atomic mass is 10.2. The van der Waals surface area contributed by atoms with Gasteiger partial charge in [0, 0.05) is 36.9 Å². The molecule has 2 aromatic carbocycles. The van der Waals surface area contributed by atoms with Crippen molar-refractivity contribution in [1.29, 1.82) is 0 Å². The van der Waals surface area contributed by atoms with Crippen molar-refractivity contribution in [3.8, 4) is 5.75 Å². The number of rotatable bonds is 5. The Hall–Kier alpha value is -2.93. The van der Waals surface area contributed by atoms with Gasteiger partial charge >= 0.3 is 5.97 Å². The Morgan fingerprint density at radius 1 is 1.11 bits per heavy atom. The van der Waals surface area contributed by atoms with Gasteiger partial charge in [0.1, 0.15) is 5.75 Å². The molecule has 0 radical (unpaired) electrons. The summed E-state index contributed by atoms with van der Waals surface area (Å²) in [7, 11) is 1.64. The predicted octanol–water partition coefficient (Wildman–Crippen LogP) is 2.44. The van der Waals surface area contributed by atoms with Gasteiger partial charge in [-0.2, -0.15) is 0 Å². The third-order valence-electron chi connectivity index (χ3n) is 4.62. The minimum atomic E-state index is -0.666. The first-order valence-corrected chi connectivity index (χ1v) is 9.25. The molecule has 2 N–H and O–H groups in total. The Morgan fingerprint density at radius 2 is 1.82 bits per heavy atom. The number of nitrogens with two attached hydrogens (primary N) is 1. The number of carbonyl (C=O) groups excluding carboxylic acids is 2. The summed E-state index contributed by atoms with van der Waals surface area (Å²) < 4.78 is 10.5. The van der Waals surface area contributed by atoms with E-state index in [0.29, 0.717) is 31.2 Å². The SMILES string of the molecule is COc1ccccc1N1CCN(C(=O)COC(=O)c2cc(Cl)ccc2N)CC1. The number of ether oxygens (including phenoxy) is 2. The van der Waals surface area contributed by atoms with E-state index < -0.39 is 5.97 Å². The molecule has 3 rings (SSSR count). The largest absolute Gasteiger partial charge is 0.495 e. The van der Waals surface area contributed by atoms with Crippen LogP contribution in [0.15, 0.2) is 42.5 Å². The zero-order valence-corrected chi connectivity index (χ0v) is 16.3. The Labute approximate surface area is 168 Å². The third-order valence-corrected chi connectivity index (χ3v) is 4.86. The second-order valence-corrected chi connectivity index (χ2v) is 6.78. The summed E-state index contributed by atoms with van der Waals surface area (Å²) in [6.07, 6.45) is 0. The predicted molar refractivity (Wildman–Crippen MR) is 108 cm³/mol. The molecule has 148 valence electrons. The number of piperazine rings is 1. The van der Waals surface area contributed by atoms with Crippen molar-refractivity contribution in [3.05, 3.63) is 53.1 Å². The summed E-state index contributed by atoms with van der Waals surface area (Å²) in [5.41, 5.74) is 7.17. The highest BCUT2D eigenvalue weighted by Gasteiger charge is 2.24. The van der Waals surface area contributed by atoms with Crippen LogP contribution in [0, 0.1) is 0 Å². The molecule has 1 aliphatic rings. The number of para-hydroxylation sites is 2. The highest BCUT2D eigenvalue weighted by molar-refractivity contribution is 6.31. The number of esters is 1. The molecule has 1 fully saturated rings. The normalized spacial score (nSPS) is 13.9. The molecule has 2 aromatic rings. The van der Waals surface area contributed by atoms with Crippen LogP contribution in [-0.4, -0.2) is 56.7 Å². The van der Waals surface area contributed by atoms with Crippen molar-refractivity contribution in [2.75, 3.05) is 50.5 Å². The van der Waals surface area contributed by atoms with Crippen molar-refractivity contribution in [2.45, 2.75) is 0 Å². The fourth-order valence-electron chi connectivity index (χ4n) is 3.09. The van der Waals surface area contributed by atoms with Crippen molar-refractivity contribution in [2.24, 2.45) is 0 Å². The van der Waals surface area contributed by atoms with Gasteiger partial charge in [-0.15, -0.1) is 0 Å². The molecule has 7 nitrogen and oxygen atoms in total. The van der Waals surface area contributed by atoms with E-state index in [2.05, 4.69) is 4.90 Å². The quantitative estimate of drug-likeness (QED) is 0.609. The topological polar surface area (TPSA) is 85.1 Å². The molecule has 1 saturated heterocycles. The van der Waals surface area contributed by atoms with Gasteiger partial charge in [0.25, 0.3) is 5.91 Å². The number of hydrogen-bond donors (Lipinski definition) is 1. The molecule has 0 aromatic heterocycles. The highest BCUT2D eigenvalue weighted by Crippen LogP contribution is 2.28. The van der Waals surface area contributed by atoms with Gasteiger partial charge < -0.3 is 25.0 Å². The molecule has 1 heterocycles. The molecule has 0 spiro atoms. The fraction of sp³-hybridized carbons (Fsp3) is 0.300. The zero-order valence-electron chi connectivity index (χ0n) is 15.6. The first-order valence-electron chi connectivity index (χ1n) is 8.87. The fourth-order valence-corrected chi connectivity index (χ4v) is 3.26. The molecule has 8 heteroatoms. The Morgan fingerprint density at radius 3 is 2.54 bits per heavy atom. The molecule has 0 unspecified atom stereocenters. The van der Waals surface area contributed by atoms with Crippen LogP contribution in [0.4, 0.5) is 11.4 Å². The van der Waals surface area contributed by atoms with Crippen LogP contribution in [0.2, 0.25) is 5.02 Å². The van der Waals surface area contributed by atoms with E-state index >= 15 is 0 Å². The smallest absolute Gasteiger partial charge is 0.340 e. The molecular formula is C20H22ClN3O4. The molecular weight excluding hydrogens is 382 g/mol. The number of anilines is 2.